The normalized spacial score (nSPS) is 17.7. The molecule has 17 N–H and O–H groups in total. The number of ether oxygens (including phenoxy) is 1. The second-order valence-electron chi connectivity index (χ2n) is 28.8. The predicted molar refractivity (Wildman–Crippen MR) is 431 cm³/mol. The number of nitrogens with one attached hydrogen (secondary N) is 13. The van der Waals surface area contributed by atoms with E-state index in [0.717, 1.165) is 148 Å². The second-order valence-corrected chi connectivity index (χ2v) is 28.8. The minimum absolute atomic E-state index is 0.0171. The third-order valence-corrected chi connectivity index (χ3v) is 19.5. The summed E-state index contributed by atoms with van der Waals surface area (Å²) < 4.78 is 5.20. The molecule has 5 aliphatic rings. The standard InChI is InChI=1S/C22H32N6O3.C22H30N6O.2C17H24N6O.BI/c1-22(2,3)31-21(30)26-11-10-25-20(29)18(12-16-13-23-14-27-16)28-17-8-4-6-15-7-5-9-24-19(15)17;29-22(26-12-4-8-17-7-3-10-24-17)20(13-18-14-23-15-27-18)28-19-9-1-5-16-6-2-11-25-21(16)19;2*18-6-8-21-17(24)15(9-13-10-19-11-22-13)23-14-5-1-3-12-4-2-7-20-16(12)14;1-2/h5,7,9,13-14,17-18,28H,4,6,8,10-12H2,1-3H3,(H,23,27)(H,25,29)(H,26,30);2,6,11,14-15,19-20,28H,1,3-5,7-10,12-13H2,(H,23,27)(H,26,29);2*2,4,7,10-11,14-15,23H,1,3,5-6,8-9,18H2,(H,19,22)(H,21,24);. The van der Waals surface area contributed by atoms with Crippen molar-refractivity contribution in [2.45, 2.75) is 203 Å². The third-order valence-electron chi connectivity index (χ3n) is 19.5. The number of amides is 5. The van der Waals surface area contributed by atoms with Gasteiger partial charge in [-0.2, -0.15) is 22.4 Å². The second kappa shape index (κ2) is 45.8. The van der Waals surface area contributed by atoms with Crippen LogP contribution in [0.25, 0.3) is 0 Å². The molecule has 0 fully saturated rings. The summed E-state index contributed by atoms with van der Waals surface area (Å²) in [7, 11) is 0. The molecule has 0 spiro atoms. The van der Waals surface area contributed by atoms with E-state index >= 15 is 0 Å². The Labute approximate surface area is 659 Å². The average Bonchev–Trinajstić information content (AvgIpc) is 0.931. The Kier molecular flexibility index (Phi) is 35.3. The van der Waals surface area contributed by atoms with E-state index in [1.807, 2.05) is 42.9 Å². The number of nitrogens with zero attached hydrogens (tertiary/aromatic N) is 9. The highest BCUT2D eigenvalue weighted by Crippen LogP contribution is 2.32. The number of aryl methyl sites for hydroxylation is 4. The zero-order valence-corrected chi connectivity index (χ0v) is 65.7. The lowest BCUT2D eigenvalue weighted by atomic mass is 9.91. The molecule has 13 rings (SSSR count). The number of aliphatic imine (C=N–C) groups is 1. The number of rotatable bonds is 31. The zero-order valence-electron chi connectivity index (χ0n) is 63.5. The first kappa shape index (κ1) is 84.8. The summed E-state index contributed by atoms with van der Waals surface area (Å²) >= 11 is 1.65. The quantitative estimate of drug-likeness (QED) is 0.0135. The van der Waals surface area contributed by atoms with Crippen molar-refractivity contribution in [3.63, 3.8) is 0 Å². The van der Waals surface area contributed by atoms with E-state index in [0.29, 0.717) is 65.0 Å². The molecule has 588 valence electrons. The molecular weight excluding hydrogens is 1510 g/mol. The molecule has 9 heterocycles. The molecule has 4 aliphatic carbocycles. The molecule has 0 saturated heterocycles. The Morgan fingerprint density at radius 2 is 0.782 bits per heavy atom. The summed E-state index contributed by atoms with van der Waals surface area (Å²) in [6.45, 7) is 9.44. The molecule has 0 bridgehead atoms. The highest BCUT2D eigenvalue weighted by molar-refractivity contribution is 14.1. The fraction of sp³-hybridized carbons (Fsp3) is 0.513. The summed E-state index contributed by atoms with van der Waals surface area (Å²) in [6, 6.07) is 15.2. The first-order chi connectivity index (χ1) is 53.7. The van der Waals surface area contributed by atoms with Gasteiger partial charge in [0.1, 0.15) is 5.60 Å². The van der Waals surface area contributed by atoms with Crippen LogP contribution in [0.5, 0.6) is 0 Å². The van der Waals surface area contributed by atoms with Crippen molar-refractivity contribution >= 4 is 63.5 Å². The van der Waals surface area contributed by atoms with Crippen LogP contribution in [-0.4, -0.2) is 183 Å². The van der Waals surface area contributed by atoms with Gasteiger partial charge >= 0.3 is 6.09 Å². The first-order valence-electron chi connectivity index (χ1n) is 38.6. The van der Waals surface area contributed by atoms with Crippen molar-refractivity contribution in [3.8, 4) is 0 Å². The lowest BCUT2D eigenvalue weighted by Gasteiger charge is -2.29. The minimum atomic E-state index is -0.559. The zero-order chi connectivity index (χ0) is 77.7. The monoisotopic (exact) mass is 1620 g/mol. The number of imidazole rings is 4. The molecule has 5 amide bonds. The summed E-state index contributed by atoms with van der Waals surface area (Å²) in [5.74, 6) is -0.184. The van der Waals surface area contributed by atoms with E-state index in [9.17, 15) is 24.0 Å². The number of aromatic amines is 4. The number of carbonyl (C=O) groups is 5. The average molecular weight is 1620 g/mol. The SMILES string of the molecule is CC(C)(C)OC(=O)NCCNC(=O)C(Cc1cnc[nH]1)NC1CCCc2cccnc21.NCCNC(=O)C(Cc1cnc[nH]1)NC1CCCc2cccnc21.NCCNC(=O)C(Cc1cnc[nH]1)NC1CCCc2cccnc21.O=C(NCCCC1=NCCC1)C(Cc1cnc[nH]1)NC1CCCc2cccnc21.[B]I. The van der Waals surface area contributed by atoms with Crippen molar-refractivity contribution in [1.29, 1.82) is 0 Å². The molecule has 0 aromatic carbocycles. The van der Waals surface area contributed by atoms with Crippen molar-refractivity contribution in [1.82, 2.24) is 108 Å². The summed E-state index contributed by atoms with van der Waals surface area (Å²) in [5, 5.41) is 28.5. The predicted octanol–water partition coefficient (Wildman–Crippen LogP) is 5.96. The lowest BCUT2D eigenvalue weighted by molar-refractivity contribution is -0.124. The van der Waals surface area contributed by atoms with E-state index in [2.05, 4.69) is 143 Å². The smallest absolute Gasteiger partial charge is 0.407 e. The van der Waals surface area contributed by atoms with Crippen LogP contribution < -0.4 is 59.3 Å². The topological polar surface area (TPSA) is 434 Å². The van der Waals surface area contributed by atoms with Gasteiger partial charge in [0.15, 0.2) is 5.70 Å². The Morgan fingerprint density at radius 3 is 1.07 bits per heavy atom. The number of nitrogens with two attached hydrogens (primary N) is 2. The molecule has 8 aromatic rings. The Hall–Kier alpha value is -9.19. The van der Waals surface area contributed by atoms with Crippen molar-refractivity contribution in [2.24, 2.45) is 16.5 Å². The summed E-state index contributed by atoms with van der Waals surface area (Å²) in [4.78, 5) is 114. The molecule has 8 atom stereocenters. The van der Waals surface area contributed by atoms with Crippen LogP contribution in [0.1, 0.15) is 190 Å². The number of alkyl carbamates (subject to hydrolysis) is 1. The Morgan fingerprint density at radius 1 is 0.464 bits per heavy atom. The molecule has 32 heteroatoms. The summed E-state index contributed by atoms with van der Waals surface area (Å²) in [6.07, 6.45) is 39.1. The van der Waals surface area contributed by atoms with E-state index in [1.54, 1.807) is 99.4 Å². The van der Waals surface area contributed by atoms with E-state index < -0.39 is 17.7 Å². The van der Waals surface area contributed by atoms with Crippen molar-refractivity contribution < 1.29 is 28.7 Å². The van der Waals surface area contributed by atoms with Crippen LogP contribution in [0.2, 0.25) is 0 Å². The van der Waals surface area contributed by atoms with Crippen LogP contribution in [0.15, 0.2) is 128 Å². The van der Waals surface area contributed by atoms with Crippen molar-refractivity contribution in [2.75, 3.05) is 52.4 Å². The van der Waals surface area contributed by atoms with E-state index in [1.165, 1.54) is 34.4 Å². The molecule has 8 unspecified atom stereocenters. The van der Waals surface area contributed by atoms with Crippen LogP contribution in [0, 0.1) is 0 Å². The third kappa shape index (κ3) is 27.7. The number of hydrogen-bond acceptors (Lipinski definition) is 21. The number of aromatic nitrogens is 12. The van der Waals surface area contributed by atoms with Gasteiger partial charge in [-0.05, 0) is 170 Å². The van der Waals surface area contributed by atoms with Crippen LogP contribution in [0.4, 0.5) is 4.79 Å². The van der Waals surface area contributed by atoms with Crippen LogP contribution >= 0.6 is 22.4 Å². The number of H-pyrrole nitrogens is 4. The van der Waals surface area contributed by atoms with Gasteiger partial charge in [-0.15, -0.1) is 0 Å². The van der Waals surface area contributed by atoms with Gasteiger partial charge in [-0.1, -0.05) is 24.3 Å². The maximum atomic E-state index is 13.0. The van der Waals surface area contributed by atoms with Gasteiger partial charge in [0, 0.05) is 156 Å². The fourth-order valence-electron chi connectivity index (χ4n) is 14.3. The summed E-state index contributed by atoms with van der Waals surface area (Å²) in [5.41, 5.74) is 29.2. The maximum absolute atomic E-state index is 13.0. The highest BCUT2D eigenvalue weighted by Gasteiger charge is 2.33. The molecule has 30 nitrogen and oxygen atoms in total. The fourth-order valence-corrected chi connectivity index (χ4v) is 14.3. The van der Waals surface area contributed by atoms with Crippen LogP contribution in [-0.2, 0) is 75.3 Å². The van der Waals surface area contributed by atoms with Gasteiger partial charge in [0.2, 0.25) is 23.6 Å². The minimum Gasteiger partial charge on any atom is -0.444 e. The van der Waals surface area contributed by atoms with Crippen molar-refractivity contribution in [3.05, 3.63) is 191 Å². The molecule has 8 aromatic heterocycles. The Bertz CT molecular complexity index is 3940. The number of fused-ring (bicyclic) bond motifs is 4. The number of carbonyl (C=O) groups excluding carboxylic acids is 5. The highest BCUT2D eigenvalue weighted by atomic mass is 127. The molecule has 110 heavy (non-hydrogen) atoms. The van der Waals surface area contributed by atoms with Gasteiger partial charge in [-0.3, -0.25) is 65.4 Å². The number of pyridine rings is 4. The molecule has 1 aliphatic heterocycles. The van der Waals surface area contributed by atoms with Gasteiger partial charge < -0.3 is 62.7 Å². The molecular formula is C78H110BIN24O6. The van der Waals surface area contributed by atoms with Gasteiger partial charge in [0.05, 0.1) is 96.4 Å². The lowest BCUT2D eigenvalue weighted by Crippen LogP contribution is -2.49. The number of halogens is 1. The first-order valence-corrected chi connectivity index (χ1v) is 39.8. The molecule has 0 saturated carbocycles. The van der Waals surface area contributed by atoms with Gasteiger partial charge in [-0.25, -0.2) is 24.7 Å². The van der Waals surface area contributed by atoms with Gasteiger partial charge in [0.25, 0.3) is 0 Å². The maximum Gasteiger partial charge on any atom is 0.407 e. The Balaban J connectivity index is 0.000000168. The number of hydrogen-bond donors (Lipinski definition) is 15. The molecule has 2 radical (unpaired) electrons. The van der Waals surface area contributed by atoms with E-state index in [-0.39, 0.29) is 72.5 Å². The van der Waals surface area contributed by atoms with E-state index in [4.69, 9.17) is 16.2 Å². The van der Waals surface area contributed by atoms with Crippen LogP contribution in [0.3, 0.4) is 0 Å². The largest absolute Gasteiger partial charge is 0.444 e.